The van der Waals surface area contributed by atoms with Gasteiger partial charge in [0.2, 0.25) is 0 Å². The van der Waals surface area contributed by atoms with Crippen LogP contribution >= 0.6 is 0 Å². The van der Waals surface area contributed by atoms with Gasteiger partial charge in [-0.3, -0.25) is 4.79 Å². The quantitative estimate of drug-likeness (QED) is 0.704. The SMILES string of the molecule is CCC1CC1Nc1ncc(N)cc1C(N)=O. The average Bonchev–Trinajstić information content (AvgIpc) is 2.99. The molecule has 1 saturated carbocycles. The number of hydrogen-bond acceptors (Lipinski definition) is 4. The van der Waals surface area contributed by atoms with Gasteiger partial charge in [0.1, 0.15) is 5.82 Å². The highest BCUT2D eigenvalue weighted by molar-refractivity contribution is 5.98. The Morgan fingerprint density at radius 3 is 3.00 bits per heavy atom. The minimum Gasteiger partial charge on any atom is -0.397 e. The van der Waals surface area contributed by atoms with Gasteiger partial charge in [-0.25, -0.2) is 4.98 Å². The first-order valence-corrected chi connectivity index (χ1v) is 5.43. The largest absolute Gasteiger partial charge is 0.397 e. The molecule has 0 bridgehead atoms. The van der Waals surface area contributed by atoms with E-state index in [1.807, 2.05) is 0 Å². The lowest BCUT2D eigenvalue weighted by Gasteiger charge is -2.09. The van der Waals surface area contributed by atoms with Crippen LogP contribution in [0.15, 0.2) is 12.3 Å². The number of primary amides is 1. The van der Waals surface area contributed by atoms with Gasteiger partial charge in [-0.1, -0.05) is 13.3 Å². The zero-order valence-electron chi connectivity index (χ0n) is 9.23. The maximum atomic E-state index is 11.2. The molecule has 5 N–H and O–H groups in total. The van der Waals surface area contributed by atoms with E-state index in [4.69, 9.17) is 11.5 Å². The van der Waals surface area contributed by atoms with Gasteiger partial charge in [-0.15, -0.1) is 0 Å². The molecular weight excluding hydrogens is 204 g/mol. The van der Waals surface area contributed by atoms with Crippen LogP contribution in [0.1, 0.15) is 30.1 Å². The third kappa shape index (κ3) is 2.08. The number of anilines is 2. The molecule has 0 aliphatic heterocycles. The summed E-state index contributed by atoms with van der Waals surface area (Å²) in [7, 11) is 0. The Bertz CT molecular complexity index is 418. The number of nitrogens with one attached hydrogen (secondary N) is 1. The number of amides is 1. The molecule has 1 heterocycles. The summed E-state index contributed by atoms with van der Waals surface area (Å²) < 4.78 is 0. The molecule has 0 aromatic carbocycles. The van der Waals surface area contributed by atoms with Crippen LogP contribution in [0.25, 0.3) is 0 Å². The van der Waals surface area contributed by atoms with Crippen molar-refractivity contribution in [2.75, 3.05) is 11.1 Å². The monoisotopic (exact) mass is 220 g/mol. The van der Waals surface area contributed by atoms with Crippen LogP contribution in [0.5, 0.6) is 0 Å². The van der Waals surface area contributed by atoms with E-state index in [1.54, 1.807) is 6.07 Å². The third-order valence-corrected chi connectivity index (χ3v) is 2.94. The van der Waals surface area contributed by atoms with Gasteiger partial charge in [-0.2, -0.15) is 0 Å². The normalized spacial score (nSPS) is 22.8. The summed E-state index contributed by atoms with van der Waals surface area (Å²) in [6.07, 6.45) is 3.79. The summed E-state index contributed by atoms with van der Waals surface area (Å²) in [5.41, 5.74) is 11.6. The van der Waals surface area contributed by atoms with Crippen LogP contribution in [0.2, 0.25) is 0 Å². The summed E-state index contributed by atoms with van der Waals surface area (Å²) in [5, 5.41) is 3.23. The van der Waals surface area contributed by atoms with Crippen LogP contribution in [-0.4, -0.2) is 16.9 Å². The van der Waals surface area contributed by atoms with Gasteiger partial charge in [0.15, 0.2) is 0 Å². The van der Waals surface area contributed by atoms with E-state index in [9.17, 15) is 4.79 Å². The van der Waals surface area contributed by atoms with Crippen molar-refractivity contribution in [1.82, 2.24) is 4.98 Å². The molecule has 5 heteroatoms. The van der Waals surface area contributed by atoms with Crippen LogP contribution in [0.3, 0.4) is 0 Å². The molecule has 2 atom stereocenters. The molecule has 86 valence electrons. The lowest BCUT2D eigenvalue weighted by molar-refractivity contribution is 0.100. The van der Waals surface area contributed by atoms with E-state index in [1.165, 1.54) is 6.20 Å². The first-order valence-electron chi connectivity index (χ1n) is 5.43. The predicted octanol–water partition coefficient (Wildman–Crippen LogP) is 0.973. The minimum absolute atomic E-state index is 0.363. The van der Waals surface area contributed by atoms with E-state index in [0.29, 0.717) is 29.0 Å². The van der Waals surface area contributed by atoms with E-state index in [0.717, 1.165) is 12.8 Å². The molecule has 1 fully saturated rings. The van der Waals surface area contributed by atoms with Crippen LogP contribution < -0.4 is 16.8 Å². The molecule has 1 aliphatic rings. The summed E-state index contributed by atoms with van der Waals surface area (Å²) >= 11 is 0. The third-order valence-electron chi connectivity index (χ3n) is 2.94. The van der Waals surface area contributed by atoms with Crippen molar-refractivity contribution in [3.8, 4) is 0 Å². The Morgan fingerprint density at radius 2 is 2.44 bits per heavy atom. The van der Waals surface area contributed by atoms with Crippen molar-refractivity contribution in [2.45, 2.75) is 25.8 Å². The molecule has 16 heavy (non-hydrogen) atoms. The van der Waals surface area contributed by atoms with Gasteiger partial charge in [0.25, 0.3) is 5.91 Å². The maximum Gasteiger partial charge on any atom is 0.252 e. The number of carbonyl (C=O) groups is 1. The number of hydrogen-bond donors (Lipinski definition) is 3. The number of carbonyl (C=O) groups excluding carboxylic acids is 1. The molecule has 2 unspecified atom stereocenters. The fourth-order valence-electron chi connectivity index (χ4n) is 1.83. The molecule has 1 aromatic rings. The van der Waals surface area contributed by atoms with Crippen LogP contribution in [-0.2, 0) is 0 Å². The fraction of sp³-hybridized carbons (Fsp3) is 0.455. The highest BCUT2D eigenvalue weighted by Gasteiger charge is 2.36. The molecule has 1 aliphatic carbocycles. The van der Waals surface area contributed by atoms with E-state index in [-0.39, 0.29) is 0 Å². The lowest BCUT2D eigenvalue weighted by Crippen LogP contribution is -2.17. The van der Waals surface area contributed by atoms with Crippen LogP contribution in [0, 0.1) is 5.92 Å². The lowest BCUT2D eigenvalue weighted by atomic mass is 10.2. The number of pyridine rings is 1. The highest BCUT2D eigenvalue weighted by Crippen LogP contribution is 2.36. The minimum atomic E-state index is -0.504. The van der Waals surface area contributed by atoms with Gasteiger partial charge in [-0.05, 0) is 18.4 Å². The van der Waals surface area contributed by atoms with Crippen molar-refractivity contribution in [2.24, 2.45) is 11.7 Å². The van der Waals surface area contributed by atoms with Crippen molar-refractivity contribution in [3.63, 3.8) is 0 Å². The van der Waals surface area contributed by atoms with Gasteiger partial charge >= 0.3 is 0 Å². The fourth-order valence-corrected chi connectivity index (χ4v) is 1.83. The molecule has 5 nitrogen and oxygen atoms in total. The average molecular weight is 220 g/mol. The molecule has 1 aromatic heterocycles. The van der Waals surface area contributed by atoms with Crippen molar-refractivity contribution in [1.29, 1.82) is 0 Å². The summed E-state index contributed by atoms with van der Waals surface area (Å²) in [5.74, 6) is 0.721. The van der Waals surface area contributed by atoms with E-state index < -0.39 is 5.91 Å². The number of nitrogens with zero attached hydrogens (tertiary/aromatic N) is 1. The first kappa shape index (κ1) is 10.7. The highest BCUT2D eigenvalue weighted by atomic mass is 16.1. The molecular formula is C11H16N4O. The van der Waals surface area contributed by atoms with Crippen molar-refractivity contribution >= 4 is 17.4 Å². The Balaban J connectivity index is 2.17. The number of nitrogen functional groups attached to an aromatic ring is 1. The number of nitrogens with two attached hydrogens (primary N) is 2. The molecule has 2 rings (SSSR count). The number of aromatic nitrogens is 1. The maximum absolute atomic E-state index is 11.2. The van der Waals surface area contributed by atoms with Gasteiger partial charge in [0, 0.05) is 6.04 Å². The van der Waals surface area contributed by atoms with Crippen molar-refractivity contribution < 1.29 is 4.79 Å². The second kappa shape index (κ2) is 4.00. The Kier molecular flexibility index (Phi) is 2.68. The molecule has 0 saturated heterocycles. The Labute approximate surface area is 94.2 Å². The van der Waals surface area contributed by atoms with E-state index in [2.05, 4.69) is 17.2 Å². The topological polar surface area (TPSA) is 94.0 Å². The standard InChI is InChI=1S/C11H16N4O/c1-2-6-3-9(6)15-11-8(10(13)16)4-7(12)5-14-11/h4-6,9H,2-3,12H2,1H3,(H2,13,16)(H,14,15). The first-order chi connectivity index (χ1) is 7.61. The smallest absolute Gasteiger partial charge is 0.252 e. The Morgan fingerprint density at radius 1 is 1.69 bits per heavy atom. The summed E-state index contributed by atoms with van der Waals surface area (Å²) in [4.78, 5) is 15.3. The molecule has 0 spiro atoms. The van der Waals surface area contributed by atoms with Crippen molar-refractivity contribution in [3.05, 3.63) is 17.8 Å². The van der Waals surface area contributed by atoms with Gasteiger partial charge < -0.3 is 16.8 Å². The second-order valence-electron chi connectivity index (χ2n) is 4.18. The summed E-state index contributed by atoms with van der Waals surface area (Å²) in [6, 6.07) is 1.97. The summed E-state index contributed by atoms with van der Waals surface area (Å²) in [6.45, 7) is 2.15. The number of rotatable bonds is 4. The molecule has 0 radical (unpaired) electrons. The predicted molar refractivity (Wildman–Crippen MR) is 63.0 cm³/mol. The Hall–Kier alpha value is -1.78. The zero-order valence-corrected chi connectivity index (χ0v) is 9.23. The van der Waals surface area contributed by atoms with Gasteiger partial charge in [0.05, 0.1) is 17.4 Å². The molecule has 1 amide bonds. The van der Waals surface area contributed by atoms with Crippen LogP contribution in [0.4, 0.5) is 11.5 Å². The van der Waals surface area contributed by atoms with E-state index >= 15 is 0 Å². The second-order valence-corrected chi connectivity index (χ2v) is 4.18. The zero-order chi connectivity index (χ0) is 11.7.